The minimum absolute atomic E-state index is 0.00231. The maximum absolute atomic E-state index is 12.9. The van der Waals surface area contributed by atoms with E-state index in [-0.39, 0.29) is 17.1 Å². The van der Waals surface area contributed by atoms with Crippen LogP contribution in [0.5, 0.6) is 0 Å². The molecule has 1 rings (SSSR count). The van der Waals surface area contributed by atoms with E-state index in [0.717, 1.165) is 0 Å². The van der Waals surface area contributed by atoms with Crippen molar-refractivity contribution in [2.24, 2.45) is 0 Å². The number of anilines is 1. The molecular weight excluding hydrogens is 217 g/mol. The predicted octanol–water partition coefficient (Wildman–Crippen LogP) is 3.29. The van der Waals surface area contributed by atoms with Crippen molar-refractivity contribution in [3.63, 3.8) is 0 Å². The first-order valence-electron chi connectivity index (χ1n) is 4.88. The zero-order chi connectivity index (χ0) is 12.7. The van der Waals surface area contributed by atoms with Crippen LogP contribution in [-0.4, -0.2) is 4.98 Å². The van der Waals surface area contributed by atoms with E-state index in [9.17, 15) is 13.2 Å². The van der Waals surface area contributed by atoms with Crippen LogP contribution in [0.4, 0.5) is 19.0 Å². The Labute approximate surface area is 92.7 Å². The summed E-state index contributed by atoms with van der Waals surface area (Å²) in [7, 11) is 0. The summed E-state index contributed by atoms with van der Waals surface area (Å²) in [5, 5.41) is 0. The lowest BCUT2D eigenvalue weighted by molar-refractivity contribution is -0.139. The third kappa shape index (κ3) is 2.46. The molecule has 5 heteroatoms. The zero-order valence-electron chi connectivity index (χ0n) is 9.74. The number of hydrogen-bond donors (Lipinski definition) is 1. The highest BCUT2D eigenvalue weighted by molar-refractivity contribution is 5.44. The van der Waals surface area contributed by atoms with Gasteiger partial charge in [0.05, 0.1) is 11.3 Å². The molecule has 0 unspecified atom stereocenters. The molecule has 0 saturated heterocycles. The number of nitrogens with zero attached hydrogens (tertiary/aromatic N) is 1. The van der Waals surface area contributed by atoms with Crippen LogP contribution in [0.2, 0.25) is 0 Å². The van der Waals surface area contributed by atoms with Crippen LogP contribution in [-0.2, 0) is 11.6 Å². The topological polar surface area (TPSA) is 38.9 Å². The molecule has 0 amide bonds. The van der Waals surface area contributed by atoms with Crippen LogP contribution >= 0.6 is 0 Å². The molecular formula is C11H15F3N2. The van der Waals surface area contributed by atoms with E-state index in [0.29, 0.717) is 0 Å². The minimum atomic E-state index is -4.40. The first-order chi connectivity index (χ1) is 7.03. The summed E-state index contributed by atoms with van der Waals surface area (Å²) in [5.41, 5.74) is 4.24. The molecule has 1 aromatic rings. The SMILES string of the molecule is Cc1cc(N)nc(C(C)(C)C)c1C(F)(F)F. The monoisotopic (exact) mass is 232 g/mol. The van der Waals surface area contributed by atoms with Gasteiger partial charge in [-0.05, 0) is 18.6 Å². The summed E-state index contributed by atoms with van der Waals surface area (Å²) >= 11 is 0. The minimum Gasteiger partial charge on any atom is -0.384 e. The van der Waals surface area contributed by atoms with E-state index < -0.39 is 17.2 Å². The molecule has 2 nitrogen and oxygen atoms in total. The normalized spacial score (nSPS) is 12.9. The van der Waals surface area contributed by atoms with E-state index in [1.807, 2.05) is 0 Å². The van der Waals surface area contributed by atoms with Gasteiger partial charge < -0.3 is 5.73 Å². The summed E-state index contributed by atoms with van der Waals surface area (Å²) < 4.78 is 38.7. The van der Waals surface area contributed by atoms with Crippen LogP contribution in [0.1, 0.15) is 37.6 Å². The molecule has 0 aromatic carbocycles. The van der Waals surface area contributed by atoms with Gasteiger partial charge in [-0.1, -0.05) is 20.8 Å². The molecule has 0 atom stereocenters. The fourth-order valence-electron chi connectivity index (χ4n) is 1.60. The maximum Gasteiger partial charge on any atom is 0.418 e. The first-order valence-corrected chi connectivity index (χ1v) is 4.88. The Hall–Kier alpha value is -1.26. The van der Waals surface area contributed by atoms with Crippen molar-refractivity contribution in [1.82, 2.24) is 4.98 Å². The van der Waals surface area contributed by atoms with Crippen LogP contribution in [0, 0.1) is 6.92 Å². The number of alkyl halides is 3. The van der Waals surface area contributed by atoms with Crippen molar-refractivity contribution in [2.45, 2.75) is 39.3 Å². The second-order valence-electron chi connectivity index (χ2n) is 4.84. The molecule has 0 bridgehead atoms. The van der Waals surface area contributed by atoms with Gasteiger partial charge in [0.25, 0.3) is 0 Å². The van der Waals surface area contributed by atoms with E-state index in [1.165, 1.54) is 13.0 Å². The highest BCUT2D eigenvalue weighted by Crippen LogP contribution is 2.38. The number of nitrogen functional groups attached to an aromatic ring is 1. The van der Waals surface area contributed by atoms with Crippen LogP contribution < -0.4 is 5.73 Å². The molecule has 0 spiro atoms. The maximum atomic E-state index is 12.9. The summed E-state index contributed by atoms with van der Waals surface area (Å²) in [5.74, 6) is 0.121. The molecule has 1 heterocycles. The van der Waals surface area contributed by atoms with E-state index in [1.54, 1.807) is 20.8 Å². The molecule has 1 aromatic heterocycles. The van der Waals surface area contributed by atoms with Crippen molar-refractivity contribution in [3.8, 4) is 0 Å². The fraction of sp³-hybridized carbons (Fsp3) is 0.545. The van der Waals surface area contributed by atoms with Gasteiger partial charge in [0, 0.05) is 5.41 Å². The van der Waals surface area contributed by atoms with Gasteiger partial charge in [-0.2, -0.15) is 13.2 Å². The average molecular weight is 232 g/mol. The Balaban J connectivity index is 3.58. The molecule has 90 valence electrons. The van der Waals surface area contributed by atoms with Crippen molar-refractivity contribution >= 4 is 5.82 Å². The number of aromatic nitrogens is 1. The number of aryl methyl sites for hydroxylation is 1. The molecule has 0 aliphatic heterocycles. The van der Waals surface area contributed by atoms with Crippen LogP contribution in [0.25, 0.3) is 0 Å². The molecule has 0 fully saturated rings. The van der Waals surface area contributed by atoms with Gasteiger partial charge >= 0.3 is 6.18 Å². The predicted molar refractivity (Wildman–Crippen MR) is 57.1 cm³/mol. The number of hydrogen-bond acceptors (Lipinski definition) is 2. The summed E-state index contributed by atoms with van der Waals surface area (Å²) in [6.07, 6.45) is -4.40. The molecule has 0 aliphatic carbocycles. The molecule has 16 heavy (non-hydrogen) atoms. The van der Waals surface area contributed by atoms with Crippen LogP contribution in [0.3, 0.4) is 0 Å². The molecule has 0 aliphatic rings. The second-order valence-corrected chi connectivity index (χ2v) is 4.84. The standard InChI is InChI=1S/C11H15F3N2/c1-6-5-7(15)16-9(10(2,3)4)8(6)11(12,13)14/h5H,1-4H3,(H2,15,16). The summed E-state index contributed by atoms with van der Waals surface area (Å²) in [6.45, 7) is 6.45. The highest BCUT2D eigenvalue weighted by atomic mass is 19.4. The third-order valence-corrected chi connectivity index (χ3v) is 2.23. The Morgan fingerprint density at radius 2 is 1.69 bits per heavy atom. The summed E-state index contributed by atoms with van der Waals surface area (Å²) in [6, 6.07) is 1.25. The van der Waals surface area contributed by atoms with Crippen molar-refractivity contribution in [3.05, 3.63) is 22.9 Å². The van der Waals surface area contributed by atoms with Crippen molar-refractivity contribution < 1.29 is 13.2 Å². The lowest BCUT2D eigenvalue weighted by atomic mass is 9.86. The third-order valence-electron chi connectivity index (χ3n) is 2.23. The van der Waals surface area contributed by atoms with Crippen molar-refractivity contribution in [2.75, 3.05) is 5.73 Å². The van der Waals surface area contributed by atoms with Crippen molar-refractivity contribution in [1.29, 1.82) is 0 Å². The first kappa shape index (κ1) is 12.8. The zero-order valence-corrected chi connectivity index (χ0v) is 9.74. The van der Waals surface area contributed by atoms with Gasteiger partial charge in [0.2, 0.25) is 0 Å². The number of nitrogens with two attached hydrogens (primary N) is 1. The Morgan fingerprint density at radius 3 is 2.06 bits per heavy atom. The quantitative estimate of drug-likeness (QED) is 0.745. The lowest BCUT2D eigenvalue weighted by Crippen LogP contribution is -2.23. The Morgan fingerprint density at radius 1 is 1.19 bits per heavy atom. The van der Waals surface area contributed by atoms with Gasteiger partial charge in [-0.15, -0.1) is 0 Å². The lowest BCUT2D eigenvalue weighted by Gasteiger charge is -2.24. The molecule has 0 saturated carbocycles. The Bertz CT molecular complexity index is 403. The van der Waals surface area contributed by atoms with Gasteiger partial charge in [-0.25, -0.2) is 4.98 Å². The fourth-order valence-corrected chi connectivity index (χ4v) is 1.60. The van der Waals surface area contributed by atoms with E-state index >= 15 is 0 Å². The Kier molecular flexibility index (Phi) is 2.92. The van der Waals surface area contributed by atoms with E-state index in [4.69, 9.17) is 5.73 Å². The average Bonchev–Trinajstić information content (AvgIpc) is 1.97. The van der Waals surface area contributed by atoms with E-state index in [2.05, 4.69) is 4.98 Å². The van der Waals surface area contributed by atoms with Gasteiger partial charge in [-0.3, -0.25) is 0 Å². The number of rotatable bonds is 0. The largest absolute Gasteiger partial charge is 0.418 e. The highest BCUT2D eigenvalue weighted by Gasteiger charge is 2.39. The summed E-state index contributed by atoms with van der Waals surface area (Å²) in [4.78, 5) is 3.83. The van der Waals surface area contributed by atoms with Gasteiger partial charge in [0.1, 0.15) is 5.82 Å². The molecule has 2 N–H and O–H groups in total. The van der Waals surface area contributed by atoms with Crippen LogP contribution in [0.15, 0.2) is 6.07 Å². The number of pyridine rings is 1. The van der Waals surface area contributed by atoms with Gasteiger partial charge in [0.15, 0.2) is 0 Å². The molecule has 0 radical (unpaired) electrons. The second kappa shape index (κ2) is 3.64. The smallest absolute Gasteiger partial charge is 0.384 e. The number of halogens is 3.